The number of fused-ring (bicyclic) bond motifs is 1. The van der Waals surface area contributed by atoms with Crippen molar-refractivity contribution in [2.75, 3.05) is 6.54 Å². The van der Waals surface area contributed by atoms with Crippen molar-refractivity contribution in [2.45, 2.75) is 32.9 Å². The van der Waals surface area contributed by atoms with E-state index in [1.165, 1.54) is 11.3 Å². The van der Waals surface area contributed by atoms with E-state index in [1.54, 1.807) is 10.9 Å². The van der Waals surface area contributed by atoms with Crippen molar-refractivity contribution < 1.29 is 0 Å². The lowest BCUT2D eigenvalue weighted by Crippen LogP contribution is -2.39. The molecule has 2 rings (SSSR count). The molecule has 0 aromatic carbocycles. The van der Waals surface area contributed by atoms with Crippen LogP contribution >= 0.6 is 11.3 Å². The number of hydrogen-bond acceptors (Lipinski definition) is 4. The molecule has 2 aromatic heterocycles. The Bertz CT molecular complexity index is 565. The molecule has 0 saturated heterocycles. The van der Waals surface area contributed by atoms with E-state index in [0.717, 1.165) is 16.8 Å². The molecule has 0 fully saturated rings. The molecule has 17 heavy (non-hydrogen) atoms. The zero-order valence-electron chi connectivity index (χ0n) is 10.4. The summed E-state index contributed by atoms with van der Waals surface area (Å²) in [5.41, 5.74) is 0.921. The number of rotatable bonds is 3. The van der Waals surface area contributed by atoms with E-state index in [9.17, 15) is 4.79 Å². The fourth-order valence-corrected chi connectivity index (χ4v) is 2.38. The summed E-state index contributed by atoms with van der Waals surface area (Å²) < 4.78 is 2.40. The molecule has 0 saturated carbocycles. The van der Waals surface area contributed by atoms with Crippen LogP contribution in [-0.2, 0) is 6.54 Å². The molecule has 0 radical (unpaired) electrons. The maximum absolute atomic E-state index is 12.1. The monoisotopic (exact) mass is 251 g/mol. The van der Waals surface area contributed by atoms with Crippen LogP contribution in [-0.4, -0.2) is 21.6 Å². The van der Waals surface area contributed by atoms with E-state index in [2.05, 4.69) is 31.1 Å². The molecule has 0 aliphatic rings. The first-order valence-electron chi connectivity index (χ1n) is 5.65. The van der Waals surface area contributed by atoms with Crippen molar-refractivity contribution in [3.63, 3.8) is 0 Å². The van der Waals surface area contributed by atoms with Crippen molar-refractivity contribution >= 4 is 21.6 Å². The second-order valence-corrected chi connectivity index (χ2v) is 5.97. The Kier molecular flexibility index (Phi) is 3.31. The second kappa shape index (κ2) is 4.58. The van der Waals surface area contributed by atoms with Crippen molar-refractivity contribution in [3.8, 4) is 0 Å². The first kappa shape index (κ1) is 12.3. The highest BCUT2D eigenvalue weighted by molar-refractivity contribution is 7.17. The molecule has 2 aromatic rings. The predicted molar refractivity (Wildman–Crippen MR) is 71.6 cm³/mol. The molecule has 0 spiro atoms. The summed E-state index contributed by atoms with van der Waals surface area (Å²) in [6.45, 7) is 7.74. The number of nitrogens with one attached hydrogen (secondary N) is 1. The molecule has 0 bridgehead atoms. The SMILES string of the molecule is CC(C)(C)NCCn1cnc2ccsc2c1=O. The van der Waals surface area contributed by atoms with Crippen LogP contribution in [0, 0.1) is 0 Å². The number of nitrogens with zero attached hydrogens (tertiary/aromatic N) is 2. The molecular formula is C12H17N3OS. The fraction of sp³-hybridized carbons (Fsp3) is 0.500. The third kappa shape index (κ3) is 2.92. The Balaban J connectivity index is 2.14. The predicted octanol–water partition coefficient (Wildman–Crippen LogP) is 1.85. The highest BCUT2D eigenvalue weighted by atomic mass is 32.1. The fourth-order valence-electron chi connectivity index (χ4n) is 1.59. The molecule has 0 unspecified atom stereocenters. The maximum Gasteiger partial charge on any atom is 0.271 e. The van der Waals surface area contributed by atoms with Crippen LogP contribution in [0.5, 0.6) is 0 Å². The van der Waals surface area contributed by atoms with Gasteiger partial charge in [0.25, 0.3) is 5.56 Å². The highest BCUT2D eigenvalue weighted by Gasteiger charge is 2.09. The van der Waals surface area contributed by atoms with Crippen molar-refractivity contribution in [3.05, 3.63) is 28.1 Å². The summed E-state index contributed by atoms with van der Waals surface area (Å²) in [5.74, 6) is 0. The van der Waals surface area contributed by atoms with Crippen molar-refractivity contribution in [1.29, 1.82) is 0 Å². The van der Waals surface area contributed by atoms with E-state index in [-0.39, 0.29) is 11.1 Å². The number of hydrogen-bond donors (Lipinski definition) is 1. The van der Waals surface area contributed by atoms with E-state index in [0.29, 0.717) is 6.54 Å². The minimum atomic E-state index is 0.0562. The lowest BCUT2D eigenvalue weighted by Gasteiger charge is -2.20. The summed E-state index contributed by atoms with van der Waals surface area (Å²) in [6, 6.07) is 1.87. The Labute approximate surface area is 104 Å². The summed E-state index contributed by atoms with van der Waals surface area (Å²) in [7, 11) is 0. The van der Waals surface area contributed by atoms with Crippen LogP contribution in [0.3, 0.4) is 0 Å². The average Bonchev–Trinajstić information content (AvgIpc) is 2.68. The summed E-state index contributed by atoms with van der Waals surface area (Å²) in [6.07, 6.45) is 1.63. The van der Waals surface area contributed by atoms with Crippen LogP contribution in [0.4, 0.5) is 0 Å². The molecule has 4 nitrogen and oxygen atoms in total. The molecule has 2 heterocycles. The average molecular weight is 251 g/mol. The van der Waals surface area contributed by atoms with E-state index >= 15 is 0 Å². The van der Waals surface area contributed by atoms with Crippen LogP contribution in [0.2, 0.25) is 0 Å². The zero-order valence-corrected chi connectivity index (χ0v) is 11.2. The van der Waals surface area contributed by atoms with Gasteiger partial charge in [-0.25, -0.2) is 4.98 Å². The van der Waals surface area contributed by atoms with Gasteiger partial charge in [0.1, 0.15) is 4.70 Å². The second-order valence-electron chi connectivity index (χ2n) is 5.05. The van der Waals surface area contributed by atoms with Crippen LogP contribution in [0.1, 0.15) is 20.8 Å². The smallest absolute Gasteiger partial charge is 0.271 e. The van der Waals surface area contributed by atoms with Crippen LogP contribution in [0.15, 0.2) is 22.6 Å². The molecule has 5 heteroatoms. The van der Waals surface area contributed by atoms with E-state index in [1.807, 2.05) is 11.4 Å². The van der Waals surface area contributed by atoms with Gasteiger partial charge in [0.15, 0.2) is 0 Å². The van der Waals surface area contributed by atoms with Gasteiger partial charge >= 0.3 is 0 Å². The van der Waals surface area contributed by atoms with Gasteiger partial charge < -0.3 is 5.32 Å². The molecule has 0 amide bonds. The van der Waals surface area contributed by atoms with E-state index < -0.39 is 0 Å². The number of thiophene rings is 1. The minimum Gasteiger partial charge on any atom is -0.310 e. The Morgan fingerprint density at radius 3 is 2.94 bits per heavy atom. The topological polar surface area (TPSA) is 46.9 Å². The van der Waals surface area contributed by atoms with E-state index in [4.69, 9.17) is 0 Å². The maximum atomic E-state index is 12.1. The zero-order chi connectivity index (χ0) is 12.5. The quantitative estimate of drug-likeness (QED) is 0.905. The first-order chi connectivity index (χ1) is 7.97. The summed E-state index contributed by atoms with van der Waals surface area (Å²) >= 11 is 1.45. The van der Waals surface area contributed by atoms with Crippen molar-refractivity contribution in [1.82, 2.24) is 14.9 Å². The van der Waals surface area contributed by atoms with Gasteiger partial charge in [0.05, 0.1) is 11.8 Å². The van der Waals surface area contributed by atoms with Gasteiger partial charge in [0.2, 0.25) is 0 Å². The van der Waals surface area contributed by atoms with Gasteiger partial charge in [-0.2, -0.15) is 0 Å². The Hall–Kier alpha value is -1.20. The van der Waals surface area contributed by atoms with Crippen LogP contribution in [0.25, 0.3) is 10.2 Å². The standard InChI is InChI=1S/C12H17N3OS/c1-12(2,3)14-5-6-15-8-13-9-4-7-17-10(9)11(15)16/h4,7-8,14H,5-6H2,1-3H3. The third-order valence-corrected chi connectivity index (χ3v) is 3.34. The minimum absolute atomic E-state index is 0.0562. The molecule has 0 aliphatic carbocycles. The van der Waals surface area contributed by atoms with Gasteiger partial charge in [-0.05, 0) is 32.2 Å². The number of aromatic nitrogens is 2. The first-order valence-corrected chi connectivity index (χ1v) is 6.53. The van der Waals surface area contributed by atoms with Gasteiger partial charge in [0, 0.05) is 18.6 Å². The molecule has 92 valence electrons. The van der Waals surface area contributed by atoms with Gasteiger partial charge in [-0.1, -0.05) is 0 Å². The summed E-state index contributed by atoms with van der Waals surface area (Å²) in [5, 5.41) is 5.25. The van der Waals surface area contributed by atoms with Gasteiger partial charge in [-0.3, -0.25) is 9.36 Å². The Morgan fingerprint density at radius 2 is 2.24 bits per heavy atom. The third-order valence-electron chi connectivity index (χ3n) is 2.44. The Morgan fingerprint density at radius 1 is 1.47 bits per heavy atom. The molecule has 1 N–H and O–H groups in total. The largest absolute Gasteiger partial charge is 0.310 e. The lowest BCUT2D eigenvalue weighted by molar-refractivity contribution is 0.410. The van der Waals surface area contributed by atoms with Gasteiger partial charge in [-0.15, -0.1) is 11.3 Å². The van der Waals surface area contributed by atoms with Crippen LogP contribution < -0.4 is 10.9 Å². The lowest BCUT2D eigenvalue weighted by atomic mass is 10.1. The van der Waals surface area contributed by atoms with Crippen molar-refractivity contribution in [2.24, 2.45) is 0 Å². The molecule has 0 atom stereocenters. The normalized spacial score (nSPS) is 12.2. The molecular weight excluding hydrogens is 234 g/mol. The molecule has 0 aliphatic heterocycles. The summed E-state index contributed by atoms with van der Waals surface area (Å²) in [4.78, 5) is 16.3. The highest BCUT2D eigenvalue weighted by Crippen LogP contribution is 2.12.